The van der Waals surface area contributed by atoms with Gasteiger partial charge in [0, 0.05) is 16.6 Å². The van der Waals surface area contributed by atoms with Crippen molar-refractivity contribution in [1.82, 2.24) is 5.32 Å². The number of benzene rings is 2. The van der Waals surface area contributed by atoms with E-state index in [1.807, 2.05) is 0 Å². The normalized spacial score (nSPS) is 12.4. The maximum Gasteiger partial charge on any atom is 0.137 e. The van der Waals surface area contributed by atoms with Crippen LogP contribution in [0, 0.1) is 11.6 Å². The summed E-state index contributed by atoms with van der Waals surface area (Å²) >= 11 is 9.13. The predicted molar refractivity (Wildman–Crippen MR) is 81.0 cm³/mol. The summed E-state index contributed by atoms with van der Waals surface area (Å²) in [6.07, 6.45) is 0.451. The summed E-state index contributed by atoms with van der Waals surface area (Å²) < 4.78 is 27.8. The van der Waals surface area contributed by atoms with Crippen LogP contribution in [0.4, 0.5) is 8.78 Å². The lowest BCUT2D eigenvalue weighted by Gasteiger charge is -2.18. The van der Waals surface area contributed by atoms with Crippen LogP contribution < -0.4 is 5.32 Å². The molecular formula is C15H13BrClF2N. The third-order valence-corrected chi connectivity index (χ3v) is 4.26. The van der Waals surface area contributed by atoms with Crippen molar-refractivity contribution in [3.05, 3.63) is 68.7 Å². The van der Waals surface area contributed by atoms with Gasteiger partial charge in [0.2, 0.25) is 0 Å². The largest absolute Gasteiger partial charge is 0.313 e. The average Bonchev–Trinajstić information content (AvgIpc) is 2.43. The van der Waals surface area contributed by atoms with Crippen LogP contribution in [0.5, 0.6) is 0 Å². The van der Waals surface area contributed by atoms with Crippen molar-refractivity contribution in [2.75, 3.05) is 7.05 Å². The molecule has 1 nitrogen and oxygen atoms in total. The summed E-state index contributed by atoms with van der Waals surface area (Å²) in [5.41, 5.74) is 1.24. The highest BCUT2D eigenvalue weighted by Gasteiger charge is 2.17. The zero-order valence-electron chi connectivity index (χ0n) is 10.8. The first kappa shape index (κ1) is 15.4. The van der Waals surface area contributed by atoms with Crippen LogP contribution in [-0.2, 0) is 6.42 Å². The molecule has 1 atom stereocenters. The van der Waals surface area contributed by atoms with Gasteiger partial charge in [0.1, 0.15) is 11.6 Å². The van der Waals surface area contributed by atoms with Gasteiger partial charge in [0.05, 0.1) is 4.47 Å². The van der Waals surface area contributed by atoms with Crippen molar-refractivity contribution >= 4 is 27.5 Å². The Hall–Kier alpha value is -0.970. The molecule has 0 aliphatic rings. The molecule has 0 amide bonds. The minimum absolute atomic E-state index is 0.285. The minimum Gasteiger partial charge on any atom is -0.313 e. The number of nitrogens with one attached hydrogen (secondary N) is 1. The molecule has 106 valence electrons. The Labute approximate surface area is 130 Å². The molecule has 5 heteroatoms. The fourth-order valence-electron chi connectivity index (χ4n) is 2.08. The first-order valence-electron chi connectivity index (χ1n) is 6.08. The zero-order chi connectivity index (χ0) is 14.7. The Morgan fingerprint density at radius 3 is 2.65 bits per heavy atom. The number of hydrogen-bond acceptors (Lipinski definition) is 1. The van der Waals surface area contributed by atoms with E-state index in [-0.39, 0.29) is 17.7 Å². The van der Waals surface area contributed by atoms with Crippen LogP contribution in [0.1, 0.15) is 17.2 Å². The van der Waals surface area contributed by atoms with Crippen LogP contribution in [0.15, 0.2) is 40.9 Å². The van der Waals surface area contributed by atoms with Gasteiger partial charge in [0.25, 0.3) is 0 Å². The van der Waals surface area contributed by atoms with Crippen molar-refractivity contribution in [3.8, 4) is 0 Å². The summed E-state index contributed by atoms with van der Waals surface area (Å²) in [5.74, 6) is -0.662. The number of hydrogen-bond donors (Lipinski definition) is 1. The fraction of sp³-hybridized carbons (Fsp3) is 0.200. The summed E-state index contributed by atoms with van der Waals surface area (Å²) in [6.45, 7) is 0. The molecule has 0 bridgehead atoms. The van der Waals surface area contributed by atoms with Gasteiger partial charge in [-0.2, -0.15) is 0 Å². The van der Waals surface area contributed by atoms with Crippen molar-refractivity contribution in [3.63, 3.8) is 0 Å². The van der Waals surface area contributed by atoms with Gasteiger partial charge in [-0.3, -0.25) is 0 Å². The summed E-state index contributed by atoms with van der Waals surface area (Å²) in [5, 5.41) is 3.51. The van der Waals surface area contributed by atoms with Crippen LogP contribution in [0.2, 0.25) is 5.02 Å². The molecule has 0 heterocycles. The lowest BCUT2D eigenvalue weighted by Crippen LogP contribution is -2.20. The minimum atomic E-state index is -0.332. The second kappa shape index (κ2) is 6.66. The Bertz CT molecular complexity index is 619. The molecule has 2 rings (SSSR count). The highest BCUT2D eigenvalue weighted by atomic mass is 79.9. The molecule has 20 heavy (non-hydrogen) atoms. The highest BCUT2D eigenvalue weighted by Crippen LogP contribution is 2.28. The van der Waals surface area contributed by atoms with E-state index in [9.17, 15) is 8.78 Å². The number of likely N-dealkylation sites (N-methyl/N-ethyl adjacent to an activating group) is 1. The van der Waals surface area contributed by atoms with Crippen LogP contribution >= 0.6 is 27.5 Å². The second-order valence-corrected chi connectivity index (χ2v) is 5.65. The summed E-state index contributed by atoms with van der Waals surface area (Å²) in [6, 6.07) is 8.96. The van der Waals surface area contributed by atoms with E-state index >= 15 is 0 Å². The standard InChI is InChI=1S/C15H13BrClF2N/c1-20-14(11-8-10(17)5-6-12(11)18)7-9-3-2-4-13(19)15(9)16/h2-6,8,14,20H,7H2,1H3. The van der Waals surface area contributed by atoms with Crippen LogP contribution in [0.3, 0.4) is 0 Å². The molecule has 0 fully saturated rings. The van der Waals surface area contributed by atoms with Crippen molar-refractivity contribution in [1.29, 1.82) is 0 Å². The molecule has 1 N–H and O–H groups in total. The maximum atomic E-state index is 13.9. The molecule has 0 aliphatic carbocycles. The Morgan fingerprint density at radius 1 is 1.20 bits per heavy atom. The summed E-state index contributed by atoms with van der Waals surface area (Å²) in [4.78, 5) is 0. The SMILES string of the molecule is CNC(Cc1cccc(F)c1Br)c1cc(Cl)ccc1F. The fourth-order valence-corrected chi connectivity index (χ4v) is 2.68. The zero-order valence-corrected chi connectivity index (χ0v) is 13.1. The first-order valence-corrected chi connectivity index (χ1v) is 7.25. The average molecular weight is 361 g/mol. The van der Waals surface area contributed by atoms with Gasteiger partial charge in [-0.1, -0.05) is 23.7 Å². The van der Waals surface area contributed by atoms with Gasteiger partial charge in [-0.25, -0.2) is 8.78 Å². The summed E-state index contributed by atoms with van der Waals surface area (Å²) in [7, 11) is 1.73. The van der Waals surface area contributed by atoms with E-state index in [4.69, 9.17) is 11.6 Å². The van der Waals surface area contributed by atoms with Crippen molar-refractivity contribution in [2.45, 2.75) is 12.5 Å². The maximum absolute atomic E-state index is 13.9. The van der Waals surface area contributed by atoms with E-state index in [2.05, 4.69) is 21.2 Å². The molecule has 0 aliphatic heterocycles. The Kier molecular flexibility index (Phi) is 5.13. The third-order valence-electron chi connectivity index (χ3n) is 3.14. The lowest BCUT2D eigenvalue weighted by molar-refractivity contribution is 0.531. The van der Waals surface area contributed by atoms with E-state index in [1.54, 1.807) is 25.2 Å². The van der Waals surface area contributed by atoms with Crippen molar-refractivity contribution < 1.29 is 8.78 Å². The molecule has 1 unspecified atom stereocenters. The molecule has 0 saturated carbocycles. The van der Waals surface area contributed by atoms with E-state index in [0.717, 1.165) is 5.56 Å². The van der Waals surface area contributed by atoms with Crippen LogP contribution in [0.25, 0.3) is 0 Å². The molecule has 0 radical (unpaired) electrons. The van der Waals surface area contributed by atoms with Crippen LogP contribution in [-0.4, -0.2) is 7.05 Å². The Morgan fingerprint density at radius 2 is 1.95 bits per heavy atom. The first-order chi connectivity index (χ1) is 9.52. The molecule has 0 aromatic heterocycles. The molecule has 0 spiro atoms. The lowest BCUT2D eigenvalue weighted by atomic mass is 9.98. The second-order valence-electron chi connectivity index (χ2n) is 4.42. The van der Waals surface area contributed by atoms with Gasteiger partial charge in [0.15, 0.2) is 0 Å². The quantitative estimate of drug-likeness (QED) is 0.819. The monoisotopic (exact) mass is 359 g/mol. The molecule has 0 saturated heterocycles. The van der Waals surface area contributed by atoms with Gasteiger partial charge >= 0.3 is 0 Å². The highest BCUT2D eigenvalue weighted by molar-refractivity contribution is 9.10. The molecule has 2 aromatic rings. The van der Waals surface area contributed by atoms with Gasteiger partial charge < -0.3 is 5.32 Å². The van der Waals surface area contributed by atoms with E-state index in [0.29, 0.717) is 21.5 Å². The van der Waals surface area contributed by atoms with E-state index < -0.39 is 0 Å². The Balaban J connectivity index is 2.34. The third kappa shape index (κ3) is 3.37. The smallest absolute Gasteiger partial charge is 0.137 e. The molecule has 2 aromatic carbocycles. The van der Waals surface area contributed by atoms with Gasteiger partial charge in [-0.15, -0.1) is 0 Å². The topological polar surface area (TPSA) is 12.0 Å². The molecular weight excluding hydrogens is 348 g/mol. The number of rotatable bonds is 4. The van der Waals surface area contributed by atoms with Gasteiger partial charge in [-0.05, 0) is 59.2 Å². The predicted octanol–water partition coefficient (Wildman–Crippen LogP) is 4.88. The van der Waals surface area contributed by atoms with E-state index in [1.165, 1.54) is 18.2 Å². The van der Waals surface area contributed by atoms with Crippen molar-refractivity contribution in [2.24, 2.45) is 0 Å². The number of halogens is 4.